The summed E-state index contributed by atoms with van der Waals surface area (Å²) >= 11 is 0. The Kier molecular flexibility index (Phi) is 7.87. The number of ether oxygens (including phenoxy) is 1. The molecule has 1 aliphatic rings. The number of amides is 1. The number of nitrogens with one attached hydrogen (secondary N) is 2. The van der Waals surface area contributed by atoms with Crippen LogP contribution >= 0.6 is 0 Å². The van der Waals surface area contributed by atoms with Crippen molar-refractivity contribution in [2.24, 2.45) is 0 Å². The highest BCUT2D eigenvalue weighted by atomic mass is 19.1. The number of rotatable bonds is 10. The molecular weight excluding hydrogens is 395 g/mol. The van der Waals surface area contributed by atoms with Crippen LogP contribution in [0.1, 0.15) is 38.2 Å². The molecule has 0 spiro atoms. The molecule has 3 rings (SSSR count). The van der Waals surface area contributed by atoms with E-state index in [1.165, 1.54) is 0 Å². The zero-order valence-corrected chi connectivity index (χ0v) is 18.2. The second kappa shape index (κ2) is 10.8. The molecule has 2 heterocycles. The minimum Gasteiger partial charge on any atom is -0.489 e. The standard InChI is InChI=1S/C24H31FN4O2/c1-4-12-26-23-22(25)21(10-14-27-23)29-15-11-20(16-29)31-19-8-6-18(7-9-19)17(3)24(30)28-13-5-2/h5-10,14,17,20H,2,4,11-13,15-16H2,1,3H3,(H,26,27)(H,28,30)/t17?,20-/m1/s1. The van der Waals surface area contributed by atoms with Crippen LogP contribution in [0.3, 0.4) is 0 Å². The number of aromatic nitrogens is 1. The van der Waals surface area contributed by atoms with Gasteiger partial charge in [-0.25, -0.2) is 9.37 Å². The molecule has 0 radical (unpaired) electrons. The van der Waals surface area contributed by atoms with Gasteiger partial charge < -0.3 is 20.3 Å². The summed E-state index contributed by atoms with van der Waals surface area (Å²) in [6.45, 7) is 9.98. The summed E-state index contributed by atoms with van der Waals surface area (Å²) in [6, 6.07) is 9.30. The predicted octanol–water partition coefficient (Wildman–Crippen LogP) is 4.11. The molecule has 2 N–H and O–H groups in total. The Morgan fingerprint density at radius 2 is 2.16 bits per heavy atom. The van der Waals surface area contributed by atoms with Gasteiger partial charge in [0.25, 0.3) is 0 Å². The van der Waals surface area contributed by atoms with E-state index < -0.39 is 0 Å². The van der Waals surface area contributed by atoms with Gasteiger partial charge in [-0.2, -0.15) is 0 Å². The number of hydrogen-bond acceptors (Lipinski definition) is 5. The summed E-state index contributed by atoms with van der Waals surface area (Å²) in [5.41, 5.74) is 1.47. The molecule has 1 unspecified atom stereocenters. The van der Waals surface area contributed by atoms with Crippen molar-refractivity contribution in [2.75, 3.05) is 36.4 Å². The molecule has 166 valence electrons. The Hall–Kier alpha value is -3.09. The molecule has 1 amide bonds. The van der Waals surface area contributed by atoms with Crippen LogP contribution in [0.25, 0.3) is 0 Å². The van der Waals surface area contributed by atoms with Crippen molar-refractivity contribution in [3.05, 3.63) is 60.6 Å². The van der Waals surface area contributed by atoms with Crippen LogP contribution in [-0.2, 0) is 4.79 Å². The Labute approximate surface area is 183 Å². The number of anilines is 2. The first-order valence-electron chi connectivity index (χ1n) is 10.8. The molecule has 1 aromatic carbocycles. The fourth-order valence-corrected chi connectivity index (χ4v) is 3.59. The summed E-state index contributed by atoms with van der Waals surface area (Å²) < 4.78 is 20.9. The molecule has 6 nitrogen and oxygen atoms in total. The summed E-state index contributed by atoms with van der Waals surface area (Å²) in [4.78, 5) is 18.2. The van der Waals surface area contributed by atoms with Crippen LogP contribution in [0.4, 0.5) is 15.9 Å². The molecule has 2 aromatic rings. The van der Waals surface area contributed by atoms with Gasteiger partial charge in [-0.1, -0.05) is 25.1 Å². The Balaban J connectivity index is 1.58. The SMILES string of the molecule is C=CCNC(=O)C(C)c1ccc(O[C@@H]2CCN(c3ccnc(NCCC)c3F)C2)cc1. The van der Waals surface area contributed by atoms with Crippen LogP contribution in [0.2, 0.25) is 0 Å². The van der Waals surface area contributed by atoms with Crippen LogP contribution in [0, 0.1) is 5.82 Å². The Morgan fingerprint density at radius 1 is 1.39 bits per heavy atom. The molecule has 0 aliphatic carbocycles. The van der Waals surface area contributed by atoms with Gasteiger partial charge in [-0.15, -0.1) is 6.58 Å². The number of nitrogens with zero attached hydrogens (tertiary/aromatic N) is 2. The highest BCUT2D eigenvalue weighted by Crippen LogP contribution is 2.29. The van der Waals surface area contributed by atoms with Crippen molar-refractivity contribution < 1.29 is 13.9 Å². The van der Waals surface area contributed by atoms with E-state index in [2.05, 4.69) is 22.2 Å². The molecule has 7 heteroatoms. The summed E-state index contributed by atoms with van der Waals surface area (Å²) in [7, 11) is 0. The van der Waals surface area contributed by atoms with Crippen LogP contribution in [0.15, 0.2) is 49.2 Å². The third-order valence-electron chi connectivity index (χ3n) is 5.39. The van der Waals surface area contributed by atoms with Crippen molar-refractivity contribution >= 4 is 17.4 Å². The van der Waals surface area contributed by atoms with E-state index in [9.17, 15) is 9.18 Å². The maximum atomic E-state index is 14.8. The molecular formula is C24H31FN4O2. The highest BCUT2D eigenvalue weighted by Gasteiger charge is 2.27. The first-order valence-corrected chi connectivity index (χ1v) is 10.8. The first-order chi connectivity index (χ1) is 15.0. The molecule has 31 heavy (non-hydrogen) atoms. The molecule has 1 saturated heterocycles. The van der Waals surface area contributed by atoms with E-state index in [1.54, 1.807) is 18.3 Å². The third kappa shape index (κ3) is 5.75. The number of benzene rings is 1. The van der Waals surface area contributed by atoms with Crippen LogP contribution < -0.4 is 20.3 Å². The van der Waals surface area contributed by atoms with E-state index in [1.807, 2.05) is 43.0 Å². The normalized spacial score (nSPS) is 16.6. The number of hydrogen-bond donors (Lipinski definition) is 2. The highest BCUT2D eigenvalue weighted by molar-refractivity contribution is 5.83. The van der Waals surface area contributed by atoms with Gasteiger partial charge in [0.05, 0.1) is 18.2 Å². The molecule has 0 saturated carbocycles. The number of carbonyl (C=O) groups excluding carboxylic acids is 1. The van der Waals surface area contributed by atoms with Gasteiger partial charge in [-0.3, -0.25) is 4.79 Å². The van der Waals surface area contributed by atoms with Crippen molar-refractivity contribution in [1.82, 2.24) is 10.3 Å². The Bertz CT molecular complexity index is 888. The summed E-state index contributed by atoms with van der Waals surface area (Å²) in [6.07, 6.45) is 4.98. The predicted molar refractivity (Wildman–Crippen MR) is 122 cm³/mol. The molecule has 1 fully saturated rings. The van der Waals surface area contributed by atoms with Gasteiger partial charge in [0, 0.05) is 32.3 Å². The fourth-order valence-electron chi connectivity index (χ4n) is 3.59. The zero-order chi connectivity index (χ0) is 22.2. The number of pyridine rings is 1. The lowest BCUT2D eigenvalue weighted by atomic mass is 10.0. The van der Waals surface area contributed by atoms with E-state index >= 15 is 0 Å². The monoisotopic (exact) mass is 426 g/mol. The first kappa shape index (κ1) is 22.6. The quantitative estimate of drug-likeness (QED) is 0.560. The van der Waals surface area contributed by atoms with E-state index in [0.29, 0.717) is 31.1 Å². The summed E-state index contributed by atoms with van der Waals surface area (Å²) in [5, 5.41) is 5.84. The smallest absolute Gasteiger partial charge is 0.227 e. The van der Waals surface area contributed by atoms with Gasteiger partial charge in [0.2, 0.25) is 5.91 Å². The number of carbonyl (C=O) groups is 1. The third-order valence-corrected chi connectivity index (χ3v) is 5.39. The van der Waals surface area contributed by atoms with Gasteiger partial charge in [0.15, 0.2) is 11.6 Å². The lowest BCUT2D eigenvalue weighted by Gasteiger charge is -2.21. The van der Waals surface area contributed by atoms with Gasteiger partial charge in [0.1, 0.15) is 11.9 Å². The van der Waals surface area contributed by atoms with Gasteiger partial charge in [-0.05, 0) is 37.1 Å². The van der Waals surface area contributed by atoms with E-state index in [-0.39, 0.29) is 23.7 Å². The van der Waals surface area contributed by atoms with Crippen molar-refractivity contribution in [3.63, 3.8) is 0 Å². The molecule has 0 bridgehead atoms. The minimum absolute atomic E-state index is 0.0289. The maximum Gasteiger partial charge on any atom is 0.227 e. The topological polar surface area (TPSA) is 66.5 Å². The average molecular weight is 427 g/mol. The van der Waals surface area contributed by atoms with E-state index in [4.69, 9.17) is 4.74 Å². The lowest BCUT2D eigenvalue weighted by molar-refractivity contribution is -0.122. The van der Waals surface area contributed by atoms with Crippen LogP contribution in [0.5, 0.6) is 5.75 Å². The molecule has 1 aliphatic heterocycles. The zero-order valence-electron chi connectivity index (χ0n) is 18.2. The number of halogens is 1. The lowest BCUT2D eigenvalue weighted by Crippen LogP contribution is -2.28. The summed E-state index contributed by atoms with van der Waals surface area (Å²) in [5.74, 6) is 0.443. The maximum absolute atomic E-state index is 14.8. The fraction of sp³-hybridized carbons (Fsp3) is 0.417. The van der Waals surface area contributed by atoms with Gasteiger partial charge >= 0.3 is 0 Å². The largest absolute Gasteiger partial charge is 0.489 e. The second-order valence-corrected chi connectivity index (χ2v) is 7.72. The molecule has 1 aromatic heterocycles. The van der Waals surface area contributed by atoms with Crippen LogP contribution in [-0.4, -0.2) is 43.2 Å². The average Bonchev–Trinajstić information content (AvgIpc) is 3.25. The minimum atomic E-state index is -0.315. The van der Waals surface area contributed by atoms with Crippen molar-refractivity contribution in [2.45, 2.75) is 38.7 Å². The second-order valence-electron chi connectivity index (χ2n) is 7.72. The Morgan fingerprint density at radius 3 is 2.87 bits per heavy atom. The van der Waals surface area contributed by atoms with Crippen molar-refractivity contribution in [3.8, 4) is 5.75 Å². The van der Waals surface area contributed by atoms with E-state index in [0.717, 1.165) is 30.7 Å². The molecule has 2 atom stereocenters. The van der Waals surface area contributed by atoms with Crippen molar-refractivity contribution in [1.29, 1.82) is 0 Å².